The Kier molecular flexibility index (Phi) is 4.60. The molecule has 2 aliphatic rings. The van der Waals surface area contributed by atoms with Crippen LogP contribution >= 0.6 is 11.8 Å². The summed E-state index contributed by atoms with van der Waals surface area (Å²) in [6.07, 6.45) is 10.8. The number of rotatable bonds is 3. The third-order valence-corrected chi connectivity index (χ3v) is 5.46. The van der Waals surface area contributed by atoms with Gasteiger partial charge in [-0.25, -0.2) is 0 Å². The fourth-order valence-electron chi connectivity index (χ4n) is 3.72. The lowest BCUT2D eigenvalue weighted by Gasteiger charge is -2.34. The third kappa shape index (κ3) is 3.40. The SMILES string of the molecule is CSC1CCC(NC2CC(C)CC(C)C2)C1. The normalized spacial score (nSPS) is 44.8. The van der Waals surface area contributed by atoms with E-state index >= 15 is 0 Å². The van der Waals surface area contributed by atoms with Gasteiger partial charge in [-0.05, 0) is 56.6 Å². The molecule has 2 rings (SSSR count). The summed E-state index contributed by atoms with van der Waals surface area (Å²) in [6, 6.07) is 1.63. The van der Waals surface area contributed by atoms with Crippen molar-refractivity contribution in [2.24, 2.45) is 11.8 Å². The van der Waals surface area contributed by atoms with Gasteiger partial charge in [0.2, 0.25) is 0 Å². The summed E-state index contributed by atoms with van der Waals surface area (Å²) >= 11 is 2.06. The van der Waals surface area contributed by atoms with Gasteiger partial charge in [0.15, 0.2) is 0 Å². The molecule has 0 bridgehead atoms. The van der Waals surface area contributed by atoms with Crippen molar-refractivity contribution in [3.63, 3.8) is 0 Å². The molecule has 0 aromatic rings. The Hall–Kier alpha value is 0.310. The molecule has 0 aliphatic heterocycles. The Morgan fingerprint density at radius 2 is 1.56 bits per heavy atom. The van der Waals surface area contributed by atoms with Crippen LogP contribution in [0.3, 0.4) is 0 Å². The summed E-state index contributed by atoms with van der Waals surface area (Å²) in [4.78, 5) is 0. The van der Waals surface area contributed by atoms with Crippen LogP contribution in [0.25, 0.3) is 0 Å². The van der Waals surface area contributed by atoms with Gasteiger partial charge in [-0.3, -0.25) is 0 Å². The van der Waals surface area contributed by atoms with Crippen molar-refractivity contribution >= 4 is 11.8 Å². The molecule has 2 fully saturated rings. The van der Waals surface area contributed by atoms with Gasteiger partial charge >= 0.3 is 0 Å². The molecule has 0 saturated heterocycles. The van der Waals surface area contributed by atoms with Gasteiger partial charge in [-0.15, -0.1) is 0 Å². The molecular weight excluding hydrogens is 214 g/mol. The van der Waals surface area contributed by atoms with E-state index in [0.717, 1.165) is 29.2 Å². The summed E-state index contributed by atoms with van der Waals surface area (Å²) < 4.78 is 0. The zero-order valence-corrected chi connectivity index (χ0v) is 11.9. The zero-order chi connectivity index (χ0) is 11.5. The standard InChI is InChI=1S/C14H27NS/c1-10-6-11(2)8-13(7-10)15-12-4-5-14(9-12)16-3/h10-15H,4-9H2,1-3H3. The molecule has 0 spiro atoms. The topological polar surface area (TPSA) is 12.0 Å². The quantitative estimate of drug-likeness (QED) is 0.809. The molecule has 0 aromatic carbocycles. The average Bonchev–Trinajstić information content (AvgIpc) is 2.64. The van der Waals surface area contributed by atoms with E-state index in [1.807, 2.05) is 0 Å². The van der Waals surface area contributed by atoms with Crippen LogP contribution in [0.4, 0.5) is 0 Å². The first kappa shape index (κ1) is 12.8. The van der Waals surface area contributed by atoms with Crippen LogP contribution in [0.2, 0.25) is 0 Å². The molecule has 16 heavy (non-hydrogen) atoms. The molecular formula is C14H27NS. The lowest BCUT2D eigenvalue weighted by atomic mass is 9.80. The van der Waals surface area contributed by atoms with Crippen LogP contribution in [0.5, 0.6) is 0 Å². The van der Waals surface area contributed by atoms with Gasteiger partial charge in [0.1, 0.15) is 0 Å². The third-order valence-electron chi connectivity index (χ3n) is 4.37. The van der Waals surface area contributed by atoms with E-state index in [9.17, 15) is 0 Å². The minimum absolute atomic E-state index is 0.810. The molecule has 1 nitrogen and oxygen atoms in total. The Morgan fingerprint density at radius 1 is 0.875 bits per heavy atom. The zero-order valence-electron chi connectivity index (χ0n) is 11.0. The number of hydrogen-bond donors (Lipinski definition) is 1. The van der Waals surface area contributed by atoms with Gasteiger partial charge in [0, 0.05) is 17.3 Å². The summed E-state index contributed by atoms with van der Waals surface area (Å²) in [6.45, 7) is 4.84. The van der Waals surface area contributed by atoms with E-state index < -0.39 is 0 Å². The number of nitrogens with one attached hydrogen (secondary N) is 1. The maximum atomic E-state index is 3.93. The predicted octanol–water partition coefficient (Wildman–Crippen LogP) is 3.68. The van der Waals surface area contributed by atoms with E-state index in [1.165, 1.54) is 38.5 Å². The molecule has 1 N–H and O–H groups in total. The summed E-state index contributed by atoms with van der Waals surface area (Å²) in [7, 11) is 0. The van der Waals surface area contributed by atoms with Crippen LogP contribution in [0.1, 0.15) is 52.4 Å². The van der Waals surface area contributed by atoms with Crippen molar-refractivity contribution in [1.82, 2.24) is 5.32 Å². The first-order valence-electron chi connectivity index (χ1n) is 6.96. The molecule has 2 heteroatoms. The highest BCUT2D eigenvalue weighted by atomic mass is 32.2. The molecule has 4 atom stereocenters. The summed E-state index contributed by atoms with van der Waals surface area (Å²) in [5.41, 5.74) is 0. The van der Waals surface area contributed by atoms with Crippen LogP contribution in [0.15, 0.2) is 0 Å². The van der Waals surface area contributed by atoms with Crippen molar-refractivity contribution in [3.8, 4) is 0 Å². The molecule has 0 amide bonds. The largest absolute Gasteiger partial charge is 0.311 e. The highest BCUT2D eigenvalue weighted by Gasteiger charge is 2.29. The Balaban J connectivity index is 1.77. The highest BCUT2D eigenvalue weighted by molar-refractivity contribution is 7.99. The predicted molar refractivity (Wildman–Crippen MR) is 74.0 cm³/mol. The van der Waals surface area contributed by atoms with Crippen LogP contribution in [-0.2, 0) is 0 Å². The van der Waals surface area contributed by atoms with E-state index in [2.05, 4.69) is 37.2 Å². The second-order valence-corrected chi connectivity index (χ2v) is 7.29. The second-order valence-electron chi connectivity index (χ2n) is 6.15. The Labute approximate surface area is 105 Å². The molecule has 0 radical (unpaired) electrons. The molecule has 2 saturated carbocycles. The van der Waals surface area contributed by atoms with Crippen LogP contribution < -0.4 is 5.32 Å². The lowest BCUT2D eigenvalue weighted by molar-refractivity contribution is 0.225. The van der Waals surface area contributed by atoms with Crippen molar-refractivity contribution in [3.05, 3.63) is 0 Å². The van der Waals surface area contributed by atoms with Crippen LogP contribution in [-0.4, -0.2) is 23.6 Å². The van der Waals surface area contributed by atoms with E-state index in [0.29, 0.717) is 0 Å². The van der Waals surface area contributed by atoms with E-state index in [1.54, 1.807) is 0 Å². The molecule has 4 unspecified atom stereocenters. The first-order chi connectivity index (χ1) is 7.67. The fourth-order valence-corrected chi connectivity index (χ4v) is 4.52. The monoisotopic (exact) mass is 241 g/mol. The molecule has 0 heterocycles. The summed E-state index contributed by atoms with van der Waals surface area (Å²) in [5.74, 6) is 1.86. The Morgan fingerprint density at radius 3 is 2.12 bits per heavy atom. The molecule has 2 aliphatic carbocycles. The van der Waals surface area contributed by atoms with Crippen LogP contribution in [0, 0.1) is 11.8 Å². The van der Waals surface area contributed by atoms with Gasteiger partial charge in [0.05, 0.1) is 0 Å². The van der Waals surface area contributed by atoms with Crippen molar-refractivity contribution in [2.75, 3.05) is 6.26 Å². The smallest absolute Gasteiger partial charge is 0.00805 e. The van der Waals surface area contributed by atoms with Gasteiger partial charge < -0.3 is 5.32 Å². The fraction of sp³-hybridized carbons (Fsp3) is 1.00. The maximum Gasteiger partial charge on any atom is 0.00805 e. The summed E-state index contributed by atoms with van der Waals surface area (Å²) in [5, 5.41) is 4.86. The maximum absolute atomic E-state index is 3.93. The molecule has 94 valence electrons. The number of thioether (sulfide) groups is 1. The highest BCUT2D eigenvalue weighted by Crippen LogP contribution is 2.32. The first-order valence-corrected chi connectivity index (χ1v) is 8.25. The second kappa shape index (κ2) is 5.77. The molecule has 0 aromatic heterocycles. The van der Waals surface area contributed by atoms with Gasteiger partial charge in [-0.2, -0.15) is 11.8 Å². The van der Waals surface area contributed by atoms with E-state index in [-0.39, 0.29) is 0 Å². The number of hydrogen-bond acceptors (Lipinski definition) is 2. The van der Waals surface area contributed by atoms with Gasteiger partial charge in [-0.1, -0.05) is 13.8 Å². The van der Waals surface area contributed by atoms with Gasteiger partial charge in [0.25, 0.3) is 0 Å². The average molecular weight is 241 g/mol. The van der Waals surface area contributed by atoms with Crippen molar-refractivity contribution in [2.45, 2.75) is 69.7 Å². The minimum Gasteiger partial charge on any atom is -0.311 e. The minimum atomic E-state index is 0.810. The van der Waals surface area contributed by atoms with Crippen molar-refractivity contribution in [1.29, 1.82) is 0 Å². The van der Waals surface area contributed by atoms with Crippen molar-refractivity contribution < 1.29 is 0 Å². The van der Waals surface area contributed by atoms with E-state index in [4.69, 9.17) is 0 Å². The Bertz CT molecular complexity index is 209. The lowest BCUT2D eigenvalue weighted by Crippen LogP contribution is -2.41.